The van der Waals surface area contributed by atoms with E-state index in [1.165, 1.54) is 12.1 Å². The summed E-state index contributed by atoms with van der Waals surface area (Å²) in [5, 5.41) is 0. The van der Waals surface area contributed by atoms with Crippen molar-refractivity contribution in [1.29, 1.82) is 0 Å². The molecule has 5 rings (SSSR count). The molecule has 0 atom stereocenters. The highest BCUT2D eigenvalue weighted by atomic mass is 16.5. The van der Waals surface area contributed by atoms with E-state index in [9.17, 15) is 14.4 Å². The van der Waals surface area contributed by atoms with Crippen LogP contribution in [0.4, 0.5) is 5.69 Å². The molecule has 0 spiro atoms. The van der Waals surface area contributed by atoms with Crippen LogP contribution in [0.3, 0.4) is 0 Å². The molecule has 1 aliphatic heterocycles. The molecule has 0 unspecified atom stereocenters. The lowest BCUT2D eigenvalue weighted by atomic mass is 10.1. The molecule has 2 amide bonds. The van der Waals surface area contributed by atoms with Crippen molar-refractivity contribution in [3.8, 4) is 11.5 Å². The van der Waals surface area contributed by atoms with Crippen molar-refractivity contribution < 1.29 is 23.9 Å². The summed E-state index contributed by atoms with van der Waals surface area (Å²) < 4.78 is 11.2. The van der Waals surface area contributed by atoms with Gasteiger partial charge in [0.1, 0.15) is 18.1 Å². The number of carbonyl (C=O) groups is 3. The van der Waals surface area contributed by atoms with E-state index in [-0.39, 0.29) is 18.4 Å². The van der Waals surface area contributed by atoms with Crippen LogP contribution in [0.2, 0.25) is 0 Å². The predicted octanol–water partition coefficient (Wildman–Crippen LogP) is 5.64. The Morgan fingerprint density at radius 1 is 0.676 bits per heavy atom. The van der Waals surface area contributed by atoms with Gasteiger partial charge in [0, 0.05) is 0 Å². The van der Waals surface area contributed by atoms with Gasteiger partial charge in [-0.2, -0.15) is 0 Å². The SMILES string of the molecule is O=C(OCc1cccc(Oc2ccccc2)c1)c1ccc(N2C(=O)c3ccccc3C2=O)cc1. The van der Waals surface area contributed by atoms with Crippen molar-refractivity contribution >= 4 is 23.5 Å². The van der Waals surface area contributed by atoms with Gasteiger partial charge in [0.2, 0.25) is 0 Å². The highest BCUT2D eigenvalue weighted by molar-refractivity contribution is 6.34. The Morgan fingerprint density at radius 3 is 1.97 bits per heavy atom. The van der Waals surface area contributed by atoms with Crippen LogP contribution < -0.4 is 9.64 Å². The number of fused-ring (bicyclic) bond motifs is 1. The van der Waals surface area contributed by atoms with Crippen molar-refractivity contribution in [3.63, 3.8) is 0 Å². The Bertz CT molecular complexity index is 1340. The summed E-state index contributed by atoms with van der Waals surface area (Å²) in [6, 6.07) is 29.6. The summed E-state index contributed by atoms with van der Waals surface area (Å²) >= 11 is 0. The summed E-state index contributed by atoms with van der Waals surface area (Å²) in [7, 11) is 0. The minimum absolute atomic E-state index is 0.0744. The van der Waals surface area contributed by atoms with E-state index in [1.54, 1.807) is 36.4 Å². The number of para-hydroxylation sites is 1. The smallest absolute Gasteiger partial charge is 0.338 e. The molecule has 6 heteroatoms. The molecule has 0 N–H and O–H groups in total. The van der Waals surface area contributed by atoms with Gasteiger partial charge >= 0.3 is 5.97 Å². The lowest BCUT2D eigenvalue weighted by molar-refractivity contribution is 0.0472. The van der Waals surface area contributed by atoms with Gasteiger partial charge in [-0.15, -0.1) is 0 Å². The maximum Gasteiger partial charge on any atom is 0.338 e. The number of ether oxygens (including phenoxy) is 2. The monoisotopic (exact) mass is 449 g/mol. The normalized spacial score (nSPS) is 12.4. The third-order valence-corrected chi connectivity index (χ3v) is 5.40. The third kappa shape index (κ3) is 4.17. The van der Waals surface area contributed by atoms with Crippen LogP contribution in [0.25, 0.3) is 0 Å². The fourth-order valence-electron chi connectivity index (χ4n) is 3.73. The molecule has 166 valence electrons. The molecule has 1 aliphatic rings. The van der Waals surface area contributed by atoms with Gasteiger partial charge in [0.15, 0.2) is 0 Å². The van der Waals surface area contributed by atoms with Crippen LogP contribution >= 0.6 is 0 Å². The number of hydrogen-bond donors (Lipinski definition) is 0. The van der Waals surface area contributed by atoms with Gasteiger partial charge in [-0.3, -0.25) is 9.59 Å². The Kier molecular flexibility index (Phi) is 5.62. The van der Waals surface area contributed by atoms with Gasteiger partial charge in [0.05, 0.1) is 22.4 Å². The predicted molar refractivity (Wildman–Crippen MR) is 126 cm³/mol. The zero-order valence-electron chi connectivity index (χ0n) is 18.0. The highest BCUT2D eigenvalue weighted by Gasteiger charge is 2.36. The number of esters is 1. The molecule has 0 saturated heterocycles. The fraction of sp³-hybridized carbons (Fsp3) is 0.0357. The molecule has 0 bridgehead atoms. The van der Waals surface area contributed by atoms with Gasteiger partial charge in [0.25, 0.3) is 11.8 Å². The van der Waals surface area contributed by atoms with Crippen LogP contribution in [0.15, 0.2) is 103 Å². The Morgan fingerprint density at radius 2 is 1.29 bits per heavy atom. The minimum Gasteiger partial charge on any atom is -0.457 e. The fourth-order valence-corrected chi connectivity index (χ4v) is 3.73. The van der Waals surface area contributed by atoms with E-state index in [4.69, 9.17) is 9.47 Å². The van der Waals surface area contributed by atoms with Crippen molar-refractivity contribution in [2.24, 2.45) is 0 Å². The summed E-state index contributed by atoms with van der Waals surface area (Å²) in [6.07, 6.45) is 0. The lowest BCUT2D eigenvalue weighted by Crippen LogP contribution is -2.29. The number of carbonyl (C=O) groups excluding carboxylic acids is 3. The average Bonchev–Trinajstić information content (AvgIpc) is 3.13. The van der Waals surface area contributed by atoms with E-state index >= 15 is 0 Å². The van der Waals surface area contributed by atoms with Crippen LogP contribution in [-0.4, -0.2) is 17.8 Å². The highest BCUT2D eigenvalue weighted by Crippen LogP contribution is 2.28. The Labute approximate surface area is 196 Å². The second kappa shape index (κ2) is 9.03. The van der Waals surface area contributed by atoms with E-state index in [0.29, 0.717) is 28.1 Å². The van der Waals surface area contributed by atoms with E-state index < -0.39 is 5.97 Å². The molecule has 1 heterocycles. The largest absolute Gasteiger partial charge is 0.457 e. The van der Waals surface area contributed by atoms with E-state index in [1.807, 2.05) is 54.6 Å². The first kappa shape index (κ1) is 21.2. The standard InChI is InChI=1S/C28H19NO5/c30-26-24-11-4-5-12-25(24)27(31)29(26)21-15-13-20(14-16-21)28(32)33-18-19-7-6-10-23(17-19)34-22-8-2-1-3-9-22/h1-17H,18H2. The molecule has 0 fully saturated rings. The molecule has 4 aromatic rings. The van der Waals surface area contributed by atoms with Gasteiger partial charge in [-0.05, 0) is 66.2 Å². The third-order valence-electron chi connectivity index (χ3n) is 5.40. The zero-order chi connectivity index (χ0) is 23.5. The molecule has 0 aromatic heterocycles. The summed E-state index contributed by atoms with van der Waals surface area (Å²) in [4.78, 5) is 38.9. The molecule has 0 aliphatic carbocycles. The van der Waals surface area contributed by atoms with Crippen molar-refractivity contribution in [3.05, 3.63) is 125 Å². The second-order valence-corrected chi connectivity index (χ2v) is 7.68. The first-order chi connectivity index (χ1) is 16.6. The minimum atomic E-state index is -0.511. The van der Waals surface area contributed by atoms with Crippen molar-refractivity contribution in [2.75, 3.05) is 4.90 Å². The molecular weight excluding hydrogens is 430 g/mol. The molecule has 6 nitrogen and oxygen atoms in total. The first-order valence-electron chi connectivity index (χ1n) is 10.7. The number of benzene rings is 4. The molecule has 34 heavy (non-hydrogen) atoms. The molecule has 0 radical (unpaired) electrons. The maximum absolute atomic E-state index is 12.6. The first-order valence-corrected chi connectivity index (χ1v) is 10.7. The number of imide groups is 1. The van der Waals surface area contributed by atoms with Crippen LogP contribution in [0.5, 0.6) is 11.5 Å². The van der Waals surface area contributed by atoms with Crippen molar-refractivity contribution in [1.82, 2.24) is 0 Å². The van der Waals surface area contributed by atoms with Crippen LogP contribution in [-0.2, 0) is 11.3 Å². The molecular formula is C28H19NO5. The molecule has 0 saturated carbocycles. The zero-order valence-corrected chi connectivity index (χ0v) is 18.0. The number of anilines is 1. The van der Waals surface area contributed by atoms with Crippen molar-refractivity contribution in [2.45, 2.75) is 6.61 Å². The van der Waals surface area contributed by atoms with Crippen LogP contribution in [0, 0.1) is 0 Å². The lowest BCUT2D eigenvalue weighted by Gasteiger charge is -2.14. The van der Waals surface area contributed by atoms with Crippen LogP contribution in [0.1, 0.15) is 36.6 Å². The number of rotatable bonds is 6. The second-order valence-electron chi connectivity index (χ2n) is 7.68. The Balaban J connectivity index is 1.23. The quantitative estimate of drug-likeness (QED) is 0.282. The van der Waals surface area contributed by atoms with Gasteiger partial charge in [-0.1, -0.05) is 42.5 Å². The van der Waals surface area contributed by atoms with E-state index in [2.05, 4.69) is 0 Å². The molecule has 4 aromatic carbocycles. The number of amides is 2. The summed E-state index contributed by atoms with van der Waals surface area (Å²) in [5.74, 6) is 0.0881. The number of nitrogens with zero attached hydrogens (tertiary/aromatic N) is 1. The number of hydrogen-bond acceptors (Lipinski definition) is 5. The maximum atomic E-state index is 12.6. The summed E-state index contributed by atoms with van der Waals surface area (Å²) in [6.45, 7) is 0.0744. The summed E-state index contributed by atoms with van der Waals surface area (Å²) in [5.41, 5.74) is 2.24. The Hall–Kier alpha value is -4.71. The van der Waals surface area contributed by atoms with Gasteiger partial charge < -0.3 is 9.47 Å². The average molecular weight is 449 g/mol. The van der Waals surface area contributed by atoms with Gasteiger partial charge in [-0.25, -0.2) is 9.69 Å². The topological polar surface area (TPSA) is 72.9 Å². The van der Waals surface area contributed by atoms with E-state index in [0.717, 1.165) is 16.2 Å².